The van der Waals surface area contributed by atoms with Gasteiger partial charge in [-0.3, -0.25) is 4.79 Å². The molecule has 3 rings (SSSR count). The smallest absolute Gasteiger partial charge is 0.222 e. The summed E-state index contributed by atoms with van der Waals surface area (Å²) in [7, 11) is -3.11. The van der Waals surface area contributed by atoms with Crippen LogP contribution in [0, 0.1) is 0 Å². The van der Waals surface area contributed by atoms with Crippen LogP contribution in [0.25, 0.3) is 0 Å². The van der Waals surface area contributed by atoms with Crippen LogP contribution in [0.15, 0.2) is 29.3 Å². The molecule has 0 spiro atoms. The minimum Gasteiger partial charge on any atom is -0.357 e. The van der Waals surface area contributed by atoms with Crippen LogP contribution in [-0.2, 0) is 27.9 Å². The number of likely N-dealkylation sites (tertiary alicyclic amines) is 1. The second kappa shape index (κ2) is 12.7. The van der Waals surface area contributed by atoms with E-state index in [0.717, 1.165) is 49.4 Å². The second-order valence-corrected chi connectivity index (χ2v) is 10.4. The quantitative estimate of drug-likeness (QED) is 0.281. The Bertz CT molecular complexity index is 885. The number of halogens is 1. The molecule has 180 valence electrons. The van der Waals surface area contributed by atoms with Crippen LogP contribution in [-0.4, -0.2) is 67.5 Å². The van der Waals surface area contributed by atoms with Crippen LogP contribution in [0.1, 0.15) is 50.7 Å². The molecule has 0 bridgehead atoms. The van der Waals surface area contributed by atoms with Crippen molar-refractivity contribution >= 4 is 45.9 Å². The zero-order valence-electron chi connectivity index (χ0n) is 19.0. The Morgan fingerprint density at radius 2 is 1.88 bits per heavy atom. The molecule has 0 radical (unpaired) electrons. The molecule has 2 aliphatic rings. The van der Waals surface area contributed by atoms with E-state index in [1.807, 2.05) is 17.9 Å². The first kappa shape index (κ1) is 26.8. The van der Waals surface area contributed by atoms with E-state index in [9.17, 15) is 13.2 Å². The molecular formula is C22H36IN5O3S. The lowest BCUT2D eigenvalue weighted by molar-refractivity contribution is -0.128. The fourth-order valence-electron chi connectivity index (χ4n) is 4.06. The molecule has 2 saturated heterocycles. The molecule has 0 aromatic heterocycles. The van der Waals surface area contributed by atoms with Crippen LogP contribution in [0.3, 0.4) is 0 Å². The first-order chi connectivity index (χ1) is 14.9. The Morgan fingerprint density at radius 3 is 2.50 bits per heavy atom. The number of sulfonamides is 1. The van der Waals surface area contributed by atoms with Crippen molar-refractivity contribution < 1.29 is 13.2 Å². The number of nitrogens with zero attached hydrogens (tertiary/aromatic N) is 3. The van der Waals surface area contributed by atoms with E-state index >= 15 is 0 Å². The van der Waals surface area contributed by atoms with Gasteiger partial charge in [0, 0.05) is 45.2 Å². The van der Waals surface area contributed by atoms with E-state index in [1.165, 1.54) is 0 Å². The molecular weight excluding hydrogens is 541 g/mol. The fourth-order valence-corrected chi connectivity index (χ4v) is 5.19. The maximum atomic E-state index is 12.0. The second-order valence-electron chi connectivity index (χ2n) is 8.15. The molecule has 2 aliphatic heterocycles. The Morgan fingerprint density at radius 1 is 1.16 bits per heavy atom. The van der Waals surface area contributed by atoms with Crippen molar-refractivity contribution in [3.63, 3.8) is 0 Å². The number of hydrogen-bond acceptors (Lipinski definition) is 4. The number of amides is 1. The first-order valence-corrected chi connectivity index (χ1v) is 12.9. The molecule has 2 heterocycles. The molecule has 32 heavy (non-hydrogen) atoms. The van der Waals surface area contributed by atoms with Crippen molar-refractivity contribution in [2.24, 2.45) is 4.99 Å². The van der Waals surface area contributed by atoms with Crippen LogP contribution >= 0.6 is 24.0 Å². The third-order valence-corrected chi connectivity index (χ3v) is 7.73. The van der Waals surface area contributed by atoms with E-state index in [1.54, 1.807) is 11.2 Å². The van der Waals surface area contributed by atoms with Crippen molar-refractivity contribution in [2.45, 2.75) is 58.7 Å². The SMILES string of the molecule is CCNC(=NCc1cccc(CN2CCCC2=O)c1)NC1CCN(S(=O)(=O)CC)CC1.I. The monoisotopic (exact) mass is 577 g/mol. The molecule has 1 amide bonds. The number of nitrogens with one attached hydrogen (secondary N) is 2. The van der Waals surface area contributed by atoms with Gasteiger partial charge in [-0.2, -0.15) is 0 Å². The number of rotatable bonds is 8. The molecule has 0 aliphatic carbocycles. The van der Waals surface area contributed by atoms with Crippen molar-refractivity contribution in [3.05, 3.63) is 35.4 Å². The van der Waals surface area contributed by atoms with E-state index < -0.39 is 10.0 Å². The number of carbonyl (C=O) groups excluding carboxylic acids is 1. The molecule has 0 atom stereocenters. The van der Waals surface area contributed by atoms with Crippen molar-refractivity contribution in [2.75, 3.05) is 31.9 Å². The van der Waals surface area contributed by atoms with Gasteiger partial charge in [-0.05, 0) is 44.2 Å². The molecule has 0 unspecified atom stereocenters. The number of piperidine rings is 1. The predicted octanol–water partition coefficient (Wildman–Crippen LogP) is 2.30. The number of carbonyl (C=O) groups is 1. The molecule has 2 N–H and O–H groups in total. The van der Waals surface area contributed by atoms with Crippen LogP contribution in [0.4, 0.5) is 0 Å². The zero-order valence-corrected chi connectivity index (χ0v) is 22.2. The van der Waals surface area contributed by atoms with Gasteiger partial charge in [-0.25, -0.2) is 17.7 Å². The summed E-state index contributed by atoms with van der Waals surface area (Å²) in [6.45, 7) is 7.61. The summed E-state index contributed by atoms with van der Waals surface area (Å²) in [6.07, 6.45) is 3.14. The highest BCUT2D eigenvalue weighted by Gasteiger charge is 2.27. The minimum absolute atomic E-state index is 0. The Balaban J connectivity index is 0.00000363. The summed E-state index contributed by atoms with van der Waals surface area (Å²) in [4.78, 5) is 18.5. The first-order valence-electron chi connectivity index (χ1n) is 11.3. The third kappa shape index (κ3) is 7.58. The lowest BCUT2D eigenvalue weighted by Gasteiger charge is -2.32. The van der Waals surface area contributed by atoms with Crippen LogP contribution < -0.4 is 10.6 Å². The van der Waals surface area contributed by atoms with Crippen LogP contribution in [0.2, 0.25) is 0 Å². The van der Waals surface area contributed by atoms with E-state index in [0.29, 0.717) is 32.6 Å². The van der Waals surface area contributed by atoms with Gasteiger partial charge < -0.3 is 15.5 Å². The van der Waals surface area contributed by atoms with E-state index in [-0.39, 0.29) is 41.7 Å². The molecule has 2 fully saturated rings. The average Bonchev–Trinajstić information content (AvgIpc) is 3.17. The summed E-state index contributed by atoms with van der Waals surface area (Å²) < 4.78 is 25.7. The maximum Gasteiger partial charge on any atom is 0.222 e. The van der Waals surface area contributed by atoms with Gasteiger partial charge in [0.05, 0.1) is 12.3 Å². The summed E-state index contributed by atoms with van der Waals surface area (Å²) in [5.41, 5.74) is 2.23. The molecule has 1 aromatic carbocycles. The lowest BCUT2D eigenvalue weighted by atomic mass is 10.1. The van der Waals surface area contributed by atoms with Gasteiger partial charge in [0.2, 0.25) is 15.9 Å². The number of hydrogen-bond donors (Lipinski definition) is 2. The average molecular weight is 578 g/mol. The molecule has 10 heteroatoms. The highest BCUT2D eigenvalue weighted by molar-refractivity contribution is 14.0. The van der Waals surface area contributed by atoms with Crippen molar-refractivity contribution in [3.8, 4) is 0 Å². The van der Waals surface area contributed by atoms with Crippen LogP contribution in [0.5, 0.6) is 0 Å². The van der Waals surface area contributed by atoms with Gasteiger partial charge >= 0.3 is 0 Å². The summed E-state index contributed by atoms with van der Waals surface area (Å²) in [5, 5.41) is 6.75. The standard InChI is InChI=1S/C22H35N5O3S.HI/c1-3-23-22(25-20-10-13-27(14-11-20)31(29,30)4-2)24-16-18-7-5-8-19(15-18)17-26-12-6-9-21(26)28;/h5,7-8,15,20H,3-4,6,9-14,16-17H2,1-2H3,(H2,23,24,25);1H. The number of benzene rings is 1. The zero-order chi connectivity index (χ0) is 22.3. The van der Waals surface area contributed by atoms with Gasteiger partial charge in [0.25, 0.3) is 0 Å². The Kier molecular flexibility index (Phi) is 10.7. The number of guanidine groups is 1. The third-order valence-electron chi connectivity index (χ3n) is 5.85. The fraction of sp³-hybridized carbons (Fsp3) is 0.636. The normalized spacial score (nSPS) is 18.5. The number of aliphatic imine (C=N–C) groups is 1. The van der Waals surface area contributed by atoms with Crippen molar-refractivity contribution in [1.29, 1.82) is 0 Å². The van der Waals surface area contributed by atoms with Gasteiger partial charge in [-0.15, -0.1) is 24.0 Å². The van der Waals surface area contributed by atoms with Gasteiger partial charge in [0.1, 0.15) is 0 Å². The lowest BCUT2D eigenvalue weighted by Crippen LogP contribution is -2.50. The predicted molar refractivity (Wildman–Crippen MR) is 139 cm³/mol. The Labute approximate surface area is 209 Å². The van der Waals surface area contributed by atoms with Gasteiger partial charge in [0.15, 0.2) is 5.96 Å². The highest BCUT2D eigenvalue weighted by Crippen LogP contribution is 2.16. The van der Waals surface area contributed by atoms with E-state index in [4.69, 9.17) is 4.99 Å². The molecule has 0 saturated carbocycles. The Hall–Kier alpha value is -1.40. The largest absolute Gasteiger partial charge is 0.357 e. The summed E-state index contributed by atoms with van der Waals surface area (Å²) in [5.74, 6) is 1.14. The minimum atomic E-state index is -3.11. The maximum absolute atomic E-state index is 12.0. The van der Waals surface area contributed by atoms with Crippen molar-refractivity contribution in [1.82, 2.24) is 19.8 Å². The summed E-state index contributed by atoms with van der Waals surface area (Å²) in [6, 6.07) is 8.45. The van der Waals surface area contributed by atoms with E-state index in [2.05, 4.69) is 28.8 Å². The molecule has 8 nitrogen and oxygen atoms in total. The highest BCUT2D eigenvalue weighted by atomic mass is 127. The summed E-state index contributed by atoms with van der Waals surface area (Å²) >= 11 is 0. The topological polar surface area (TPSA) is 94.1 Å². The molecule has 1 aromatic rings. The van der Waals surface area contributed by atoms with Gasteiger partial charge in [-0.1, -0.05) is 24.3 Å².